The van der Waals surface area contributed by atoms with Gasteiger partial charge in [0.15, 0.2) is 5.82 Å². The Balaban J connectivity index is 0.751. The zero-order valence-electron chi connectivity index (χ0n) is 32.8. The first-order valence-electron chi connectivity index (χ1n) is 21.2. The van der Waals surface area contributed by atoms with Gasteiger partial charge in [0.25, 0.3) is 0 Å². The van der Waals surface area contributed by atoms with Crippen LogP contribution in [0.1, 0.15) is 92.9 Å². The van der Waals surface area contributed by atoms with Gasteiger partial charge in [0.05, 0.1) is 16.4 Å². The van der Waals surface area contributed by atoms with E-state index in [0.29, 0.717) is 47.8 Å². The molecule has 2 bridgehead atoms. The van der Waals surface area contributed by atoms with E-state index in [1.54, 1.807) is 18.2 Å². The first kappa shape index (κ1) is 37.3. The fraction of sp³-hybridized carbons (Fsp3) is 0.500. The first-order valence-corrected chi connectivity index (χ1v) is 21.6. The number of nitrogens with zero attached hydrogens (tertiary/aromatic N) is 8. The molecule has 13 nitrogen and oxygen atoms in total. The van der Waals surface area contributed by atoms with Crippen LogP contribution in [0.3, 0.4) is 0 Å². The minimum absolute atomic E-state index is 0.0145. The van der Waals surface area contributed by atoms with Crippen LogP contribution in [0.15, 0.2) is 54.7 Å². The van der Waals surface area contributed by atoms with Gasteiger partial charge in [0, 0.05) is 73.2 Å². The van der Waals surface area contributed by atoms with E-state index >= 15 is 0 Å². The second-order valence-electron chi connectivity index (χ2n) is 17.2. The summed E-state index contributed by atoms with van der Waals surface area (Å²) in [5.74, 6) is 1.87. The number of aromatic hydroxyl groups is 1. The van der Waals surface area contributed by atoms with Crippen molar-refractivity contribution in [1.29, 1.82) is 0 Å². The molecule has 1 saturated carbocycles. The van der Waals surface area contributed by atoms with Crippen molar-refractivity contribution in [2.24, 2.45) is 0 Å². The summed E-state index contributed by atoms with van der Waals surface area (Å²) in [6.07, 6.45) is 13.1. The average Bonchev–Trinajstić information content (AvgIpc) is 3.79. The monoisotopic (exact) mass is 802 g/mol. The maximum atomic E-state index is 12.7. The molecule has 4 saturated heterocycles. The number of imide groups is 1. The number of carbonyl (C=O) groups is 2. The largest absolute Gasteiger partial charge is 0.506 e. The van der Waals surface area contributed by atoms with Gasteiger partial charge >= 0.3 is 0 Å². The standard InChI is InChI=1S/C44H51ClN10O3/c45-34-5-1-4-33(41(34)57)36-23-39(42(46)51-50-36)53-24-29-11-12-30(25-53)55(29)44-47-19-15-35(48-44)27-16-20-52(21-17-27)28-9-7-26(8-10-28)31-3-2-6-37-32(31)18-22-54(37)38-13-14-40(56)49-43(38)58/h1-6,15,19,23,26-30,38,57H,7-14,16-18,20-22,24-25H2,(H2,46,51)(H,49,56,58)/t26?,28?,29-,30+,38-/m0/s1. The highest BCUT2D eigenvalue weighted by atomic mass is 35.5. The molecular weight excluding hydrogens is 752 g/mol. The molecule has 2 aromatic carbocycles. The van der Waals surface area contributed by atoms with Crippen LogP contribution in [0.5, 0.6) is 5.75 Å². The second kappa shape index (κ2) is 15.3. The Hall–Kier alpha value is -5.01. The van der Waals surface area contributed by atoms with Crippen molar-refractivity contribution in [3.05, 3.63) is 76.6 Å². The van der Waals surface area contributed by atoms with Crippen LogP contribution in [-0.2, 0) is 16.0 Å². The molecule has 14 heteroatoms. The number of phenols is 1. The zero-order valence-corrected chi connectivity index (χ0v) is 33.5. The summed E-state index contributed by atoms with van der Waals surface area (Å²) in [5, 5.41) is 22.0. The molecule has 0 radical (unpaired) electrons. The average molecular weight is 803 g/mol. The highest BCUT2D eigenvalue weighted by Gasteiger charge is 2.43. The molecule has 2 amide bonds. The molecule has 3 atom stereocenters. The van der Waals surface area contributed by atoms with Crippen LogP contribution < -0.4 is 25.8 Å². The number of rotatable bonds is 7. The van der Waals surface area contributed by atoms with Crippen molar-refractivity contribution in [3.63, 3.8) is 0 Å². The van der Waals surface area contributed by atoms with Crippen molar-refractivity contribution in [2.75, 3.05) is 53.2 Å². The number of amides is 2. The number of para-hydroxylation sites is 1. The molecule has 5 aliphatic heterocycles. The minimum Gasteiger partial charge on any atom is -0.506 e. The van der Waals surface area contributed by atoms with Crippen molar-refractivity contribution >= 4 is 46.6 Å². The maximum Gasteiger partial charge on any atom is 0.249 e. The molecule has 302 valence electrons. The van der Waals surface area contributed by atoms with Gasteiger partial charge in [-0.15, -0.1) is 10.2 Å². The molecule has 0 unspecified atom stereocenters. The van der Waals surface area contributed by atoms with Crippen molar-refractivity contribution < 1.29 is 14.7 Å². The third kappa shape index (κ3) is 6.79. The SMILES string of the molecule is Nc1nnc(-c2cccc(Cl)c2O)cc1N1C[C@H]2CC[C@@H](C1)N2c1nccc(C2CCN(C3CCC(c4cccc5c4CCN5[C@H]4CCC(=O)NC4=O)CC3)CC2)n1. The summed E-state index contributed by atoms with van der Waals surface area (Å²) >= 11 is 6.20. The maximum absolute atomic E-state index is 12.7. The van der Waals surface area contributed by atoms with Crippen molar-refractivity contribution in [3.8, 4) is 17.0 Å². The van der Waals surface area contributed by atoms with Gasteiger partial charge in [-0.25, -0.2) is 9.97 Å². The van der Waals surface area contributed by atoms with Gasteiger partial charge in [-0.2, -0.15) is 0 Å². The number of aromatic nitrogens is 4. The lowest BCUT2D eigenvalue weighted by molar-refractivity contribution is -0.134. The number of nitrogens with two attached hydrogens (primary N) is 1. The Kier molecular flexibility index (Phi) is 9.83. The Morgan fingerprint density at radius 1 is 0.793 bits per heavy atom. The number of nitrogens with one attached hydrogen (secondary N) is 1. The third-order valence-electron chi connectivity index (χ3n) is 14.1. The van der Waals surface area contributed by atoms with Gasteiger partial charge in [0.2, 0.25) is 17.8 Å². The number of nitrogen functional groups attached to an aromatic ring is 1. The third-order valence-corrected chi connectivity index (χ3v) is 14.4. The number of benzene rings is 2. The molecule has 4 N–H and O–H groups in total. The Labute approximate surface area is 344 Å². The van der Waals surface area contributed by atoms with E-state index in [4.69, 9.17) is 27.3 Å². The molecule has 6 aliphatic rings. The lowest BCUT2D eigenvalue weighted by Gasteiger charge is -2.42. The number of carbonyl (C=O) groups excluding carboxylic acids is 2. The Morgan fingerprint density at radius 2 is 1.55 bits per heavy atom. The number of piperidine rings is 2. The first-order chi connectivity index (χ1) is 28.3. The number of halogens is 1. The Morgan fingerprint density at radius 3 is 2.33 bits per heavy atom. The zero-order chi connectivity index (χ0) is 39.5. The molecule has 58 heavy (non-hydrogen) atoms. The van der Waals surface area contributed by atoms with Crippen LogP contribution in [0, 0.1) is 0 Å². The molecule has 4 aromatic rings. The summed E-state index contributed by atoms with van der Waals surface area (Å²) < 4.78 is 0. The van der Waals surface area contributed by atoms with E-state index in [2.05, 4.69) is 59.4 Å². The number of hydrogen-bond acceptors (Lipinski definition) is 12. The number of piperazine rings is 1. The second-order valence-corrected chi connectivity index (χ2v) is 17.6. The van der Waals surface area contributed by atoms with Crippen molar-refractivity contribution in [2.45, 2.75) is 107 Å². The summed E-state index contributed by atoms with van der Waals surface area (Å²) in [5.41, 5.74) is 13.5. The molecule has 7 heterocycles. The molecular formula is C44H51ClN10O3. The molecule has 2 aromatic heterocycles. The van der Waals surface area contributed by atoms with Crippen molar-refractivity contribution in [1.82, 2.24) is 30.4 Å². The lowest BCUT2D eigenvalue weighted by atomic mass is 9.78. The smallest absolute Gasteiger partial charge is 0.249 e. The van der Waals surface area contributed by atoms with Crippen LogP contribution in [0.4, 0.5) is 23.1 Å². The fourth-order valence-corrected chi connectivity index (χ4v) is 11.3. The van der Waals surface area contributed by atoms with Crippen LogP contribution in [0.2, 0.25) is 5.02 Å². The summed E-state index contributed by atoms with van der Waals surface area (Å²) in [7, 11) is 0. The van der Waals surface area contributed by atoms with Gasteiger partial charge in [0.1, 0.15) is 11.8 Å². The molecule has 0 spiro atoms. The quantitative estimate of drug-likeness (QED) is 0.193. The topological polar surface area (TPSA) is 157 Å². The van der Waals surface area contributed by atoms with E-state index in [9.17, 15) is 14.7 Å². The number of fused-ring (bicyclic) bond motifs is 3. The van der Waals surface area contributed by atoms with Crippen LogP contribution in [0.25, 0.3) is 11.3 Å². The van der Waals surface area contributed by atoms with E-state index in [0.717, 1.165) is 82.2 Å². The number of likely N-dealkylation sites (tertiary alicyclic amines) is 1. The van der Waals surface area contributed by atoms with E-state index < -0.39 is 0 Å². The summed E-state index contributed by atoms with van der Waals surface area (Å²) in [6.45, 7) is 4.58. The number of hydrogen-bond donors (Lipinski definition) is 3. The summed E-state index contributed by atoms with van der Waals surface area (Å²) in [4.78, 5) is 44.3. The van der Waals surface area contributed by atoms with E-state index in [1.165, 1.54) is 42.5 Å². The lowest BCUT2D eigenvalue weighted by Crippen LogP contribution is -2.54. The predicted octanol–water partition coefficient (Wildman–Crippen LogP) is 5.81. The van der Waals surface area contributed by atoms with Gasteiger partial charge < -0.3 is 30.4 Å². The fourth-order valence-electron chi connectivity index (χ4n) is 11.1. The van der Waals surface area contributed by atoms with Crippen LogP contribution >= 0.6 is 11.6 Å². The van der Waals surface area contributed by atoms with Crippen LogP contribution in [-0.4, -0.2) is 98.9 Å². The van der Waals surface area contributed by atoms with Gasteiger partial charge in [-0.05, 0) is 125 Å². The molecule has 1 aliphatic carbocycles. The highest BCUT2D eigenvalue weighted by molar-refractivity contribution is 6.32. The predicted molar refractivity (Wildman–Crippen MR) is 224 cm³/mol. The van der Waals surface area contributed by atoms with Gasteiger partial charge in [-0.1, -0.05) is 29.8 Å². The normalized spacial score (nSPS) is 26.6. The van der Waals surface area contributed by atoms with Gasteiger partial charge in [-0.3, -0.25) is 14.9 Å². The minimum atomic E-state index is -0.252. The molecule has 10 rings (SSSR count). The Bertz CT molecular complexity index is 2210. The highest BCUT2D eigenvalue weighted by Crippen LogP contribution is 2.44. The van der Waals surface area contributed by atoms with E-state index in [1.807, 2.05) is 12.3 Å². The molecule has 5 fully saturated rings. The number of anilines is 4. The summed E-state index contributed by atoms with van der Waals surface area (Å²) in [6, 6.07) is 16.8. The number of phenolic OH excluding ortho intramolecular Hbond substituents is 1. The van der Waals surface area contributed by atoms with E-state index in [-0.39, 0.29) is 40.7 Å².